The fraction of sp³-hybridized carbons (Fsp3) is 0.526. The molecule has 2 saturated carbocycles. The van der Waals surface area contributed by atoms with Gasteiger partial charge in [0.15, 0.2) is 5.75 Å². The van der Waals surface area contributed by atoms with Crippen molar-refractivity contribution in [3.63, 3.8) is 0 Å². The first-order valence-corrected chi connectivity index (χ1v) is 19.7. The van der Waals surface area contributed by atoms with Crippen LogP contribution in [0.2, 0.25) is 0 Å². The van der Waals surface area contributed by atoms with Gasteiger partial charge in [0.05, 0.1) is 17.5 Å². The van der Waals surface area contributed by atoms with Gasteiger partial charge in [0, 0.05) is 24.0 Å². The van der Waals surface area contributed by atoms with E-state index in [1.54, 1.807) is 66.7 Å². The minimum atomic E-state index is -3.94. The number of hydrogen-bond acceptors (Lipinski definition) is 11. The molecule has 17 heteroatoms. The van der Waals surface area contributed by atoms with Crippen molar-refractivity contribution in [1.82, 2.24) is 30.4 Å². The second kappa shape index (κ2) is 14.2. The highest BCUT2D eigenvalue weighted by molar-refractivity contribution is 7.91. The van der Waals surface area contributed by atoms with Crippen molar-refractivity contribution in [3.05, 3.63) is 54.5 Å². The van der Waals surface area contributed by atoms with Crippen LogP contribution in [0.25, 0.3) is 22.4 Å². The van der Waals surface area contributed by atoms with Crippen molar-refractivity contribution in [1.29, 1.82) is 0 Å². The molecule has 3 aliphatic rings. The van der Waals surface area contributed by atoms with Crippen LogP contribution in [0.15, 0.2) is 47.5 Å². The quantitative estimate of drug-likeness (QED) is 0.235. The molecule has 3 aromatic rings. The fourth-order valence-electron chi connectivity index (χ4n) is 6.67. The molecule has 1 aliphatic heterocycles. The van der Waals surface area contributed by atoms with E-state index in [9.17, 15) is 32.0 Å². The Labute approximate surface area is 318 Å². The number of alkyl carbamates (subject to hydrolysis) is 1. The lowest BCUT2D eigenvalue weighted by Gasteiger charge is -2.36. The topological polar surface area (TPSA) is 199 Å². The summed E-state index contributed by atoms with van der Waals surface area (Å²) in [6.07, 6.45) is 0.701. The number of rotatable bonds is 11. The first-order chi connectivity index (χ1) is 25.6. The molecule has 3 fully saturated rings. The van der Waals surface area contributed by atoms with E-state index in [1.807, 2.05) is 0 Å². The highest BCUT2D eigenvalue weighted by Crippen LogP contribution is 2.46. The first-order valence-electron chi connectivity index (χ1n) is 18.1. The highest BCUT2D eigenvalue weighted by Gasteiger charge is 2.62. The van der Waals surface area contributed by atoms with Crippen molar-refractivity contribution >= 4 is 44.9 Å². The van der Waals surface area contributed by atoms with E-state index in [0.717, 1.165) is 0 Å². The lowest BCUT2D eigenvalue weighted by atomic mass is 9.85. The number of carbonyl (C=O) groups is 4. The number of sulfonamides is 1. The summed E-state index contributed by atoms with van der Waals surface area (Å²) in [6, 6.07) is 4.92. The number of fused-ring (bicyclic) bond motifs is 1. The van der Waals surface area contributed by atoms with Crippen LogP contribution in [0.4, 0.5) is 9.18 Å². The van der Waals surface area contributed by atoms with Crippen molar-refractivity contribution < 1.29 is 46.0 Å². The smallest absolute Gasteiger partial charge is 0.408 e. The van der Waals surface area contributed by atoms with Crippen LogP contribution in [0, 0.1) is 24.1 Å². The molecule has 3 N–H and O–H groups in total. The zero-order valence-corrected chi connectivity index (χ0v) is 32.7. The normalized spacial score (nSPS) is 23.1. The molecule has 0 unspecified atom stereocenters. The van der Waals surface area contributed by atoms with E-state index in [0.29, 0.717) is 35.3 Å². The first kappa shape index (κ1) is 39.6. The molecule has 2 aliphatic carbocycles. The third-order valence-corrected chi connectivity index (χ3v) is 11.7. The van der Waals surface area contributed by atoms with Gasteiger partial charge in [-0.05, 0) is 76.6 Å². The van der Waals surface area contributed by atoms with Gasteiger partial charge in [-0.25, -0.2) is 22.6 Å². The number of nitrogens with one attached hydrogen (secondary N) is 3. The molecule has 0 bridgehead atoms. The van der Waals surface area contributed by atoms with Crippen LogP contribution in [0.1, 0.15) is 72.9 Å². The van der Waals surface area contributed by atoms with E-state index in [-0.39, 0.29) is 30.7 Å². The molecule has 296 valence electrons. The highest BCUT2D eigenvalue weighted by atomic mass is 32.2. The summed E-state index contributed by atoms with van der Waals surface area (Å²) in [6.45, 7) is 15.6. The van der Waals surface area contributed by atoms with E-state index in [2.05, 4.69) is 32.1 Å². The van der Waals surface area contributed by atoms with Crippen LogP contribution in [0.3, 0.4) is 0 Å². The Balaban J connectivity index is 1.33. The summed E-state index contributed by atoms with van der Waals surface area (Å²) in [4.78, 5) is 61.4. The molecule has 15 nitrogen and oxygen atoms in total. The molecule has 4 amide bonds. The fourth-order valence-corrected chi connectivity index (χ4v) is 8.03. The maximum Gasteiger partial charge on any atom is 0.408 e. The average molecular weight is 783 g/mol. The average Bonchev–Trinajstić information content (AvgIpc) is 3.99. The van der Waals surface area contributed by atoms with Gasteiger partial charge in [-0.1, -0.05) is 32.0 Å². The second-order valence-corrected chi connectivity index (χ2v) is 18.5. The maximum atomic E-state index is 14.6. The van der Waals surface area contributed by atoms with Crippen LogP contribution in [-0.4, -0.2) is 88.4 Å². The zero-order valence-electron chi connectivity index (χ0n) is 31.9. The third-order valence-electron chi connectivity index (χ3n) is 9.86. The lowest BCUT2D eigenvalue weighted by molar-refractivity contribution is -0.143. The van der Waals surface area contributed by atoms with Crippen LogP contribution >= 0.6 is 0 Å². The van der Waals surface area contributed by atoms with Gasteiger partial charge in [-0.15, -0.1) is 6.58 Å². The number of halogens is 1. The van der Waals surface area contributed by atoms with Gasteiger partial charge >= 0.3 is 6.09 Å². The van der Waals surface area contributed by atoms with Crippen molar-refractivity contribution in [3.8, 4) is 17.0 Å². The minimum absolute atomic E-state index is 0.0689. The van der Waals surface area contributed by atoms with Crippen molar-refractivity contribution in [2.75, 3.05) is 6.54 Å². The summed E-state index contributed by atoms with van der Waals surface area (Å²) >= 11 is 0. The van der Waals surface area contributed by atoms with Gasteiger partial charge in [0.25, 0.3) is 5.91 Å². The number of ether oxygens (including phenoxy) is 2. The number of hydrogen-bond donors (Lipinski definition) is 3. The monoisotopic (exact) mass is 782 g/mol. The number of amides is 4. The molecule has 3 heterocycles. The van der Waals surface area contributed by atoms with Gasteiger partial charge in [0.2, 0.25) is 27.4 Å². The molecule has 2 aromatic heterocycles. The summed E-state index contributed by atoms with van der Waals surface area (Å²) < 4.78 is 58.9. The van der Waals surface area contributed by atoms with E-state index < -0.39 is 85.6 Å². The van der Waals surface area contributed by atoms with Gasteiger partial charge in [-0.2, -0.15) is 0 Å². The Morgan fingerprint density at radius 1 is 1.11 bits per heavy atom. The van der Waals surface area contributed by atoms with E-state index in [4.69, 9.17) is 14.0 Å². The zero-order chi connectivity index (χ0) is 40.2. The number of aromatic nitrogens is 2. The van der Waals surface area contributed by atoms with Gasteiger partial charge in [-0.3, -0.25) is 19.1 Å². The summed E-state index contributed by atoms with van der Waals surface area (Å²) in [5.41, 5.74) is -1.23. The Morgan fingerprint density at radius 2 is 1.78 bits per heavy atom. The predicted octanol–water partition coefficient (Wildman–Crippen LogP) is 4.29. The number of carbonyl (C=O) groups excluding carboxylic acids is 4. The van der Waals surface area contributed by atoms with Crippen LogP contribution < -0.4 is 20.1 Å². The molecule has 0 spiro atoms. The van der Waals surface area contributed by atoms with Gasteiger partial charge < -0.3 is 29.5 Å². The van der Waals surface area contributed by atoms with Crippen LogP contribution in [-0.2, 0) is 29.1 Å². The van der Waals surface area contributed by atoms with Crippen LogP contribution in [0.5, 0.6) is 5.75 Å². The molecule has 5 atom stereocenters. The number of nitrogens with zero attached hydrogens (tertiary/aromatic N) is 3. The number of benzene rings is 1. The molecule has 55 heavy (non-hydrogen) atoms. The Morgan fingerprint density at radius 3 is 2.36 bits per heavy atom. The number of likely N-dealkylation sites (tertiary alicyclic amines) is 1. The molecule has 1 saturated heterocycles. The number of pyridine rings is 1. The number of aryl methyl sites for hydroxylation is 1. The van der Waals surface area contributed by atoms with Gasteiger partial charge in [0.1, 0.15) is 46.4 Å². The standard InChI is InChI=1S/C38H47FN6O9S/c1-9-22-18-38(22,34(48)44-55(50,51)25-14-15-25)42-32(46)27-16-24(19-45(27)33(47)31(36(3,4)5)41-35(49)53-37(6,7)8)52-28-17-26(21-10-12-23(39)13-11-21)40-29-20(2)43-54-30(28)29/h9-13,17,22,24-25,27,31H,1,14-16,18-19H2,2-8H3,(H,41,49)(H,42,46)(H,44,48)/t22-,24-,27+,31-,38-/m1/s1. The molecule has 1 aromatic carbocycles. The van der Waals surface area contributed by atoms with Crippen molar-refractivity contribution in [2.24, 2.45) is 11.3 Å². The summed E-state index contributed by atoms with van der Waals surface area (Å²) in [7, 11) is -3.94. The van der Waals surface area contributed by atoms with Crippen molar-refractivity contribution in [2.45, 2.75) is 109 Å². The lowest BCUT2D eigenvalue weighted by Crippen LogP contribution is -2.60. The third kappa shape index (κ3) is 8.45. The minimum Gasteiger partial charge on any atom is -0.484 e. The molecule has 0 radical (unpaired) electrons. The Hall–Kier alpha value is -5.06. The predicted molar refractivity (Wildman–Crippen MR) is 198 cm³/mol. The summed E-state index contributed by atoms with van der Waals surface area (Å²) in [5, 5.41) is 8.81. The maximum absolute atomic E-state index is 14.6. The molecular formula is C38H47FN6O9S. The van der Waals surface area contributed by atoms with E-state index in [1.165, 1.54) is 23.1 Å². The summed E-state index contributed by atoms with van der Waals surface area (Å²) in [5.74, 6) is -3.00. The van der Waals surface area contributed by atoms with E-state index >= 15 is 0 Å². The molecule has 6 rings (SSSR count). The second-order valence-electron chi connectivity index (χ2n) is 16.6. The largest absolute Gasteiger partial charge is 0.484 e. The SMILES string of the molecule is C=C[C@@H]1C[C@]1(NC(=O)[C@@H]1C[C@@H](Oc2cc(-c3ccc(F)cc3)nc3c(C)noc23)CN1C(=O)[C@@H](NC(=O)OC(C)(C)C)C(C)(C)C)C(=O)NS(=O)(=O)C1CC1. The molecular weight excluding hydrogens is 736 g/mol. The Bertz CT molecular complexity index is 2140. The Kier molecular flexibility index (Phi) is 10.2.